The van der Waals surface area contributed by atoms with Crippen molar-refractivity contribution in [1.29, 1.82) is 0 Å². The largest absolute Gasteiger partial charge is 0.378 e. The van der Waals surface area contributed by atoms with Crippen LogP contribution in [0.15, 0.2) is 4.52 Å². The first-order chi connectivity index (χ1) is 13.4. The van der Waals surface area contributed by atoms with Crippen LogP contribution in [0.1, 0.15) is 24.4 Å². The zero-order valence-corrected chi connectivity index (χ0v) is 16.5. The second-order valence-electron chi connectivity index (χ2n) is 7.18. The van der Waals surface area contributed by atoms with Crippen LogP contribution < -0.4 is 10.2 Å². The molecule has 2 aliphatic rings. The first-order valence-electron chi connectivity index (χ1n) is 9.37. The fourth-order valence-corrected chi connectivity index (χ4v) is 5.24. The summed E-state index contributed by atoms with van der Waals surface area (Å²) in [5.41, 5.74) is 1.13. The van der Waals surface area contributed by atoms with E-state index >= 15 is 0 Å². The maximum Gasteiger partial charge on any atom is 0.263 e. The number of morpholine rings is 1. The van der Waals surface area contributed by atoms with Crippen molar-refractivity contribution in [2.75, 3.05) is 42.7 Å². The van der Waals surface area contributed by atoms with Crippen LogP contribution in [0.3, 0.4) is 0 Å². The van der Waals surface area contributed by atoms with Gasteiger partial charge in [-0.05, 0) is 13.3 Å². The molecule has 10 nitrogen and oxygen atoms in total. The van der Waals surface area contributed by atoms with Gasteiger partial charge in [0.15, 0.2) is 9.84 Å². The summed E-state index contributed by atoms with van der Waals surface area (Å²) in [5, 5.41) is 7.57. The minimum Gasteiger partial charge on any atom is -0.378 e. The van der Waals surface area contributed by atoms with E-state index in [2.05, 4.69) is 25.3 Å². The third kappa shape index (κ3) is 4.09. The van der Waals surface area contributed by atoms with Crippen molar-refractivity contribution >= 4 is 32.7 Å². The summed E-state index contributed by atoms with van der Waals surface area (Å²) in [6, 6.07) is -0.304. The van der Waals surface area contributed by atoms with Crippen LogP contribution in [-0.2, 0) is 25.8 Å². The van der Waals surface area contributed by atoms with Gasteiger partial charge >= 0.3 is 0 Å². The highest BCUT2D eigenvalue weighted by atomic mass is 32.2. The second-order valence-corrected chi connectivity index (χ2v) is 9.41. The van der Waals surface area contributed by atoms with Gasteiger partial charge in [-0.2, -0.15) is 4.98 Å². The number of nitrogens with one attached hydrogen (secondary N) is 1. The molecule has 28 heavy (non-hydrogen) atoms. The fourth-order valence-electron chi connectivity index (χ4n) is 3.56. The average molecular weight is 409 g/mol. The number of sulfone groups is 1. The predicted octanol–water partition coefficient (Wildman–Crippen LogP) is -0.00128. The molecule has 1 amide bonds. The van der Waals surface area contributed by atoms with Crippen molar-refractivity contribution in [1.82, 2.24) is 20.4 Å². The Morgan fingerprint density at radius 1 is 1.29 bits per heavy atom. The number of aromatic nitrogens is 3. The van der Waals surface area contributed by atoms with E-state index in [-0.39, 0.29) is 29.9 Å². The molecule has 2 aromatic heterocycles. The van der Waals surface area contributed by atoms with Gasteiger partial charge in [0.25, 0.3) is 5.71 Å². The molecule has 0 saturated carbocycles. The van der Waals surface area contributed by atoms with Crippen LogP contribution in [0.4, 0.5) is 5.82 Å². The summed E-state index contributed by atoms with van der Waals surface area (Å²) < 4.78 is 33.8. The number of carbonyl (C=O) groups is 1. The van der Waals surface area contributed by atoms with E-state index in [0.717, 1.165) is 16.9 Å². The SMILES string of the molecule is Cc1noc2nc(CCC(=O)NC3CCS(=O)(=O)C3)nc(N3CCOCC3)c12. The highest BCUT2D eigenvalue weighted by Crippen LogP contribution is 2.27. The van der Waals surface area contributed by atoms with Gasteiger partial charge in [-0.15, -0.1) is 0 Å². The summed E-state index contributed by atoms with van der Waals surface area (Å²) in [4.78, 5) is 23.4. The standard InChI is InChI=1S/C17H23N5O5S/c1-11-15-16(22-5-7-26-8-6-22)19-13(20-17(15)27-21-11)2-3-14(23)18-12-4-9-28(24,25)10-12/h12H,2-10H2,1H3,(H,18,23). The van der Waals surface area contributed by atoms with Crippen LogP contribution in [-0.4, -0.2) is 73.3 Å². The summed E-state index contributed by atoms with van der Waals surface area (Å²) in [5.74, 6) is 1.20. The van der Waals surface area contributed by atoms with Crippen LogP contribution in [0.2, 0.25) is 0 Å². The minimum absolute atomic E-state index is 0.0136. The number of anilines is 1. The maximum absolute atomic E-state index is 12.2. The molecular formula is C17H23N5O5S. The van der Waals surface area contributed by atoms with Crippen molar-refractivity contribution in [2.24, 2.45) is 0 Å². The van der Waals surface area contributed by atoms with Crippen molar-refractivity contribution in [2.45, 2.75) is 32.2 Å². The first kappa shape index (κ1) is 19.1. The smallest absolute Gasteiger partial charge is 0.263 e. The Hall–Kier alpha value is -2.27. The number of carbonyl (C=O) groups excluding carboxylic acids is 1. The number of rotatable bonds is 5. The molecule has 2 saturated heterocycles. The van der Waals surface area contributed by atoms with E-state index in [4.69, 9.17) is 9.26 Å². The molecule has 152 valence electrons. The van der Waals surface area contributed by atoms with Crippen LogP contribution in [0, 0.1) is 6.92 Å². The van der Waals surface area contributed by atoms with Gasteiger partial charge in [0.1, 0.15) is 17.0 Å². The Morgan fingerprint density at radius 2 is 2.07 bits per heavy atom. The molecule has 0 bridgehead atoms. The molecule has 0 spiro atoms. The Kier molecular flexibility index (Phi) is 5.19. The lowest BCUT2D eigenvalue weighted by atomic mass is 10.2. The molecule has 2 aliphatic heterocycles. The lowest BCUT2D eigenvalue weighted by Gasteiger charge is -2.28. The van der Waals surface area contributed by atoms with E-state index in [9.17, 15) is 13.2 Å². The molecule has 0 aromatic carbocycles. The number of nitrogens with zero attached hydrogens (tertiary/aromatic N) is 4. The van der Waals surface area contributed by atoms with Gasteiger partial charge in [0.2, 0.25) is 5.91 Å². The molecule has 0 aliphatic carbocycles. The Labute approximate surface area is 162 Å². The predicted molar refractivity (Wildman–Crippen MR) is 101 cm³/mol. The van der Waals surface area contributed by atoms with Gasteiger partial charge < -0.3 is 19.5 Å². The molecule has 4 heterocycles. The number of hydrogen-bond donors (Lipinski definition) is 1. The molecule has 4 rings (SSSR count). The average Bonchev–Trinajstić information content (AvgIpc) is 3.22. The van der Waals surface area contributed by atoms with Crippen molar-refractivity contribution < 1.29 is 22.5 Å². The van der Waals surface area contributed by atoms with Gasteiger partial charge in [-0.3, -0.25) is 4.79 Å². The number of aryl methyl sites for hydroxylation is 2. The fraction of sp³-hybridized carbons (Fsp3) is 0.647. The lowest BCUT2D eigenvalue weighted by molar-refractivity contribution is -0.121. The quantitative estimate of drug-likeness (QED) is 0.725. The molecule has 11 heteroatoms. The van der Waals surface area contributed by atoms with Crippen LogP contribution >= 0.6 is 0 Å². The molecule has 0 radical (unpaired) electrons. The van der Waals surface area contributed by atoms with E-state index < -0.39 is 9.84 Å². The number of fused-ring (bicyclic) bond motifs is 1. The summed E-state index contributed by atoms with van der Waals surface area (Å²) in [6.45, 7) is 4.53. The maximum atomic E-state index is 12.2. The second kappa shape index (κ2) is 7.63. The topological polar surface area (TPSA) is 128 Å². The Bertz CT molecular complexity index is 983. The molecule has 2 aromatic rings. The Balaban J connectivity index is 1.47. The van der Waals surface area contributed by atoms with Gasteiger partial charge in [-0.1, -0.05) is 5.16 Å². The third-order valence-corrected chi connectivity index (χ3v) is 6.79. The molecule has 2 fully saturated rings. The van der Waals surface area contributed by atoms with Gasteiger partial charge in [0, 0.05) is 32.0 Å². The first-order valence-corrected chi connectivity index (χ1v) is 11.2. The zero-order chi connectivity index (χ0) is 19.7. The zero-order valence-electron chi connectivity index (χ0n) is 15.7. The number of ether oxygens (including phenoxy) is 1. The van der Waals surface area contributed by atoms with E-state index in [1.54, 1.807) is 0 Å². The van der Waals surface area contributed by atoms with Crippen molar-refractivity contribution in [3.8, 4) is 0 Å². The summed E-state index contributed by atoms with van der Waals surface area (Å²) in [6.07, 6.45) is 0.977. The third-order valence-electron chi connectivity index (χ3n) is 5.02. The normalized spacial score (nSPS) is 21.9. The Morgan fingerprint density at radius 3 is 2.79 bits per heavy atom. The minimum atomic E-state index is -3.02. The summed E-state index contributed by atoms with van der Waals surface area (Å²) in [7, 11) is -3.02. The van der Waals surface area contributed by atoms with Gasteiger partial charge in [-0.25, -0.2) is 13.4 Å². The van der Waals surface area contributed by atoms with Crippen LogP contribution in [0.25, 0.3) is 11.1 Å². The lowest BCUT2D eigenvalue weighted by Crippen LogP contribution is -2.37. The highest BCUT2D eigenvalue weighted by molar-refractivity contribution is 7.91. The molecule has 1 N–H and O–H groups in total. The van der Waals surface area contributed by atoms with Crippen molar-refractivity contribution in [3.05, 3.63) is 11.5 Å². The van der Waals surface area contributed by atoms with E-state index in [0.29, 0.717) is 50.7 Å². The number of amides is 1. The monoisotopic (exact) mass is 409 g/mol. The van der Waals surface area contributed by atoms with E-state index in [1.807, 2.05) is 6.92 Å². The van der Waals surface area contributed by atoms with E-state index in [1.165, 1.54) is 0 Å². The highest BCUT2D eigenvalue weighted by Gasteiger charge is 2.29. The molecular weight excluding hydrogens is 386 g/mol. The molecule has 1 unspecified atom stereocenters. The van der Waals surface area contributed by atoms with Crippen molar-refractivity contribution in [3.63, 3.8) is 0 Å². The summed E-state index contributed by atoms with van der Waals surface area (Å²) >= 11 is 0. The molecule has 1 atom stereocenters. The number of hydrogen-bond acceptors (Lipinski definition) is 9. The van der Waals surface area contributed by atoms with Crippen LogP contribution in [0.5, 0.6) is 0 Å². The van der Waals surface area contributed by atoms with Gasteiger partial charge in [0.05, 0.1) is 30.4 Å².